The molecule has 0 aliphatic carbocycles. The Morgan fingerprint density at radius 2 is 1.84 bits per heavy atom. The number of carbonyl (C=O) groups excluding carboxylic acids is 1. The number of hydrogen-bond donors (Lipinski definition) is 3. The Morgan fingerprint density at radius 1 is 1.14 bits per heavy atom. The predicted molar refractivity (Wildman–Crippen MR) is 139 cm³/mol. The molecule has 1 amide bonds. The highest BCUT2D eigenvalue weighted by molar-refractivity contribution is 7.89. The lowest BCUT2D eigenvalue weighted by molar-refractivity contribution is 0.0642. The van der Waals surface area contributed by atoms with Crippen molar-refractivity contribution in [1.82, 2.24) is 9.62 Å². The maximum Gasteiger partial charge on any atom is 0.407 e. The van der Waals surface area contributed by atoms with Crippen molar-refractivity contribution < 1.29 is 32.9 Å². The molecule has 2 aromatic rings. The molecule has 4 atom stereocenters. The van der Waals surface area contributed by atoms with E-state index in [4.69, 9.17) is 9.47 Å². The van der Waals surface area contributed by atoms with E-state index in [9.17, 15) is 23.4 Å². The molecule has 1 fully saturated rings. The smallest absolute Gasteiger partial charge is 0.407 e. The Labute approximate surface area is 219 Å². The first kappa shape index (κ1) is 29.1. The monoisotopic (exact) mass is 534 g/mol. The highest BCUT2D eigenvalue weighted by Gasteiger charge is 2.32. The molecule has 1 aliphatic heterocycles. The molecule has 3 rings (SSSR count). The van der Waals surface area contributed by atoms with E-state index in [0.29, 0.717) is 31.6 Å². The van der Waals surface area contributed by atoms with Gasteiger partial charge in [-0.25, -0.2) is 13.2 Å². The van der Waals surface area contributed by atoms with E-state index < -0.39 is 28.3 Å². The molecule has 1 heterocycles. The van der Waals surface area contributed by atoms with Gasteiger partial charge in [-0.2, -0.15) is 4.31 Å². The maximum absolute atomic E-state index is 13.6. The molecule has 9 nitrogen and oxygen atoms in total. The minimum Gasteiger partial charge on any atom is -0.444 e. The van der Waals surface area contributed by atoms with Crippen LogP contribution in [0.2, 0.25) is 0 Å². The second kappa shape index (κ2) is 13.9. The Morgan fingerprint density at radius 3 is 2.43 bits per heavy atom. The molecule has 1 aliphatic rings. The van der Waals surface area contributed by atoms with E-state index in [2.05, 4.69) is 5.32 Å². The molecule has 0 spiro atoms. The van der Waals surface area contributed by atoms with Crippen LogP contribution in [0.4, 0.5) is 4.79 Å². The summed E-state index contributed by atoms with van der Waals surface area (Å²) >= 11 is 0. The lowest BCUT2D eigenvalue weighted by Gasteiger charge is -2.31. The quantitative estimate of drug-likeness (QED) is 0.361. The van der Waals surface area contributed by atoms with Gasteiger partial charge in [0.05, 0.1) is 36.9 Å². The van der Waals surface area contributed by atoms with Crippen LogP contribution in [0.5, 0.6) is 0 Å². The first-order chi connectivity index (χ1) is 17.7. The number of benzene rings is 2. The van der Waals surface area contributed by atoms with Crippen molar-refractivity contribution >= 4 is 16.1 Å². The molecule has 1 saturated heterocycles. The standard InChI is InChI=1S/C27H38N2O7S/c1-3-20(2)16-29(37(33,34)24-11-9-22(18-30)10-12-24)17-26(31)25(15-21-7-5-4-6-8-21)28-27(32)36-23-13-14-35-19-23/h4-12,20,23,25-26,30-31H,3,13-19H2,1-2H3,(H,28,32)/t20-,23-,25-,26+/m0/s1. The number of amides is 1. The average Bonchev–Trinajstić information content (AvgIpc) is 3.41. The van der Waals surface area contributed by atoms with Crippen molar-refractivity contribution in [3.8, 4) is 0 Å². The minimum atomic E-state index is -3.95. The summed E-state index contributed by atoms with van der Waals surface area (Å²) in [6, 6.07) is 14.6. The number of nitrogens with one attached hydrogen (secondary N) is 1. The molecule has 0 radical (unpaired) electrons. The van der Waals surface area contributed by atoms with Crippen LogP contribution in [-0.4, -0.2) is 73.6 Å². The highest BCUT2D eigenvalue weighted by Crippen LogP contribution is 2.21. The number of ether oxygens (including phenoxy) is 2. The molecule has 2 aromatic carbocycles. The Balaban J connectivity index is 1.82. The summed E-state index contributed by atoms with van der Waals surface area (Å²) in [7, 11) is -3.95. The lowest BCUT2D eigenvalue weighted by Crippen LogP contribution is -2.51. The largest absolute Gasteiger partial charge is 0.444 e. The van der Waals surface area contributed by atoms with Crippen LogP contribution >= 0.6 is 0 Å². The SMILES string of the molecule is CC[C@H](C)CN(C[C@@H](O)[C@H](Cc1ccccc1)NC(=O)O[C@H]1CCOC1)S(=O)(=O)c1ccc(CO)cc1. The van der Waals surface area contributed by atoms with Gasteiger partial charge in [-0.05, 0) is 35.6 Å². The molecular weight excluding hydrogens is 496 g/mol. The van der Waals surface area contributed by atoms with Gasteiger partial charge in [-0.1, -0.05) is 62.7 Å². The summed E-state index contributed by atoms with van der Waals surface area (Å²) in [6.07, 6.45) is -0.573. The van der Waals surface area contributed by atoms with Crippen LogP contribution < -0.4 is 5.32 Å². The molecule has 0 unspecified atom stereocenters. The topological polar surface area (TPSA) is 125 Å². The highest BCUT2D eigenvalue weighted by atomic mass is 32.2. The van der Waals surface area contributed by atoms with E-state index >= 15 is 0 Å². The molecule has 204 valence electrons. The molecule has 3 N–H and O–H groups in total. The summed E-state index contributed by atoms with van der Waals surface area (Å²) in [5.41, 5.74) is 1.48. The summed E-state index contributed by atoms with van der Waals surface area (Å²) in [4.78, 5) is 12.7. The van der Waals surface area contributed by atoms with Crippen LogP contribution in [0.25, 0.3) is 0 Å². The molecule has 0 saturated carbocycles. The van der Waals surface area contributed by atoms with Crippen molar-refractivity contribution in [2.24, 2.45) is 5.92 Å². The van der Waals surface area contributed by atoms with Crippen molar-refractivity contribution in [2.45, 2.75) is 62.9 Å². The van der Waals surface area contributed by atoms with E-state index in [1.54, 1.807) is 12.1 Å². The Hall–Kier alpha value is -2.50. The van der Waals surface area contributed by atoms with Crippen LogP contribution in [0.3, 0.4) is 0 Å². The van der Waals surface area contributed by atoms with Gasteiger partial charge in [0, 0.05) is 19.5 Å². The van der Waals surface area contributed by atoms with Crippen molar-refractivity contribution in [3.05, 3.63) is 65.7 Å². The van der Waals surface area contributed by atoms with Crippen LogP contribution in [0, 0.1) is 5.92 Å². The Kier molecular flexibility index (Phi) is 10.9. The van der Waals surface area contributed by atoms with Gasteiger partial charge in [0.1, 0.15) is 6.10 Å². The van der Waals surface area contributed by atoms with Gasteiger partial charge in [-0.3, -0.25) is 0 Å². The van der Waals surface area contributed by atoms with Gasteiger partial charge in [0.2, 0.25) is 10.0 Å². The number of alkyl carbamates (subject to hydrolysis) is 1. The molecular formula is C27H38N2O7S. The summed E-state index contributed by atoms with van der Waals surface area (Å²) in [6.45, 7) is 4.59. The van der Waals surface area contributed by atoms with Gasteiger partial charge in [0.15, 0.2) is 0 Å². The number of nitrogens with zero attached hydrogens (tertiary/aromatic N) is 1. The van der Waals surface area contributed by atoms with Crippen LogP contribution in [0.15, 0.2) is 59.5 Å². The normalized spacial score (nSPS) is 18.4. The molecule has 10 heteroatoms. The van der Waals surface area contributed by atoms with Gasteiger partial charge >= 0.3 is 6.09 Å². The third-order valence-corrected chi connectivity index (χ3v) is 8.42. The van der Waals surface area contributed by atoms with Crippen LogP contribution in [-0.2, 0) is 32.5 Å². The summed E-state index contributed by atoms with van der Waals surface area (Å²) in [5.74, 6) is 0.0477. The fourth-order valence-electron chi connectivity index (χ4n) is 4.09. The van der Waals surface area contributed by atoms with E-state index in [-0.39, 0.29) is 36.6 Å². The first-order valence-electron chi connectivity index (χ1n) is 12.7. The van der Waals surface area contributed by atoms with E-state index in [0.717, 1.165) is 12.0 Å². The second-order valence-corrected chi connectivity index (χ2v) is 11.5. The fraction of sp³-hybridized carbons (Fsp3) is 0.519. The van der Waals surface area contributed by atoms with Gasteiger partial charge in [0.25, 0.3) is 0 Å². The number of aliphatic hydroxyl groups excluding tert-OH is 2. The number of sulfonamides is 1. The number of hydrogen-bond acceptors (Lipinski definition) is 7. The second-order valence-electron chi connectivity index (χ2n) is 9.54. The zero-order valence-electron chi connectivity index (χ0n) is 21.5. The summed E-state index contributed by atoms with van der Waals surface area (Å²) in [5, 5.41) is 23.4. The maximum atomic E-state index is 13.6. The van der Waals surface area contributed by atoms with Crippen LogP contribution in [0.1, 0.15) is 37.8 Å². The van der Waals surface area contributed by atoms with Crippen molar-refractivity contribution in [1.29, 1.82) is 0 Å². The molecule has 0 bridgehead atoms. The number of rotatable bonds is 13. The van der Waals surface area contributed by atoms with Crippen molar-refractivity contribution in [2.75, 3.05) is 26.3 Å². The summed E-state index contributed by atoms with van der Waals surface area (Å²) < 4.78 is 39.1. The molecule has 0 aromatic heterocycles. The average molecular weight is 535 g/mol. The van der Waals surface area contributed by atoms with Crippen molar-refractivity contribution in [3.63, 3.8) is 0 Å². The fourth-order valence-corrected chi connectivity index (χ4v) is 5.67. The Bertz CT molecular complexity index is 1070. The number of carbonyl (C=O) groups is 1. The predicted octanol–water partition coefficient (Wildman–Crippen LogP) is 2.70. The third kappa shape index (κ3) is 8.51. The van der Waals surface area contributed by atoms with Gasteiger partial charge in [-0.15, -0.1) is 0 Å². The third-order valence-electron chi connectivity index (χ3n) is 6.57. The number of aliphatic hydroxyl groups is 2. The van der Waals surface area contributed by atoms with Gasteiger partial charge < -0.3 is 25.0 Å². The minimum absolute atomic E-state index is 0.0477. The lowest BCUT2D eigenvalue weighted by atomic mass is 10.0. The first-order valence-corrected chi connectivity index (χ1v) is 14.1. The van der Waals surface area contributed by atoms with E-state index in [1.165, 1.54) is 16.4 Å². The molecule has 37 heavy (non-hydrogen) atoms. The van der Waals surface area contributed by atoms with E-state index in [1.807, 2.05) is 44.2 Å². The zero-order chi connectivity index (χ0) is 26.8. The zero-order valence-corrected chi connectivity index (χ0v) is 22.3.